The Morgan fingerprint density at radius 2 is 1.82 bits per heavy atom. The van der Waals surface area contributed by atoms with Crippen LogP contribution < -0.4 is 0 Å². The maximum absolute atomic E-state index is 11.8. The van der Waals surface area contributed by atoms with Crippen molar-refractivity contribution >= 4 is 17.7 Å². The number of tetrazole rings is 1. The van der Waals surface area contributed by atoms with E-state index in [-0.39, 0.29) is 5.69 Å². The van der Waals surface area contributed by atoms with Crippen LogP contribution in [-0.4, -0.2) is 52.6 Å². The SMILES string of the molecule is CSCc1nc(C(=O)O)c(C(C)(C)O)n1Cc1ccc(-c2ccccc2-c2nn[nH]n2)cc1. The Hall–Kier alpha value is -3.50. The molecule has 9 nitrogen and oxygen atoms in total. The summed E-state index contributed by atoms with van der Waals surface area (Å²) >= 11 is 1.55. The number of benzene rings is 2. The van der Waals surface area contributed by atoms with Crippen molar-refractivity contribution in [3.63, 3.8) is 0 Å². The van der Waals surface area contributed by atoms with Gasteiger partial charge in [0.2, 0.25) is 5.82 Å². The van der Waals surface area contributed by atoms with E-state index in [0.717, 1.165) is 22.3 Å². The van der Waals surface area contributed by atoms with Gasteiger partial charge >= 0.3 is 5.97 Å². The van der Waals surface area contributed by atoms with Crippen LogP contribution in [-0.2, 0) is 17.9 Å². The number of aromatic carboxylic acids is 1. The molecule has 0 fully saturated rings. The standard InChI is InChI=1S/C23H24N6O3S/c1-23(2,32)20-19(22(30)31)24-18(13-33-3)29(20)12-14-8-10-15(11-9-14)16-6-4-5-7-17(16)21-25-27-28-26-21/h4-11,32H,12-13H2,1-3H3,(H,30,31)(H,25,26,27,28). The molecule has 3 N–H and O–H groups in total. The molecule has 2 heterocycles. The Kier molecular flexibility index (Phi) is 6.30. The fourth-order valence-corrected chi connectivity index (χ4v) is 4.33. The molecule has 4 rings (SSSR count). The molecule has 0 saturated carbocycles. The summed E-state index contributed by atoms with van der Waals surface area (Å²) in [5.41, 5.74) is 2.61. The highest BCUT2D eigenvalue weighted by atomic mass is 32.2. The summed E-state index contributed by atoms with van der Waals surface area (Å²) in [6.45, 7) is 3.55. The number of carboxylic acids is 1. The number of aromatic amines is 1. The normalized spacial score (nSPS) is 11.6. The van der Waals surface area contributed by atoms with Gasteiger partial charge in [-0.25, -0.2) is 9.78 Å². The van der Waals surface area contributed by atoms with E-state index in [0.29, 0.717) is 29.6 Å². The van der Waals surface area contributed by atoms with Gasteiger partial charge in [-0.1, -0.05) is 48.5 Å². The van der Waals surface area contributed by atoms with Crippen LogP contribution in [0.15, 0.2) is 48.5 Å². The molecular weight excluding hydrogens is 440 g/mol. The first-order valence-corrected chi connectivity index (χ1v) is 11.7. The molecule has 10 heteroatoms. The van der Waals surface area contributed by atoms with E-state index in [4.69, 9.17) is 0 Å². The number of rotatable bonds is 8. The van der Waals surface area contributed by atoms with Gasteiger partial charge in [0.15, 0.2) is 5.69 Å². The third kappa shape index (κ3) is 4.67. The largest absolute Gasteiger partial charge is 0.476 e. The number of carboxylic acid groups (broad SMARTS) is 1. The molecule has 0 bridgehead atoms. The van der Waals surface area contributed by atoms with E-state index in [1.54, 1.807) is 25.6 Å². The summed E-state index contributed by atoms with van der Waals surface area (Å²) in [5, 5.41) is 34.7. The van der Waals surface area contributed by atoms with E-state index < -0.39 is 11.6 Å². The average molecular weight is 465 g/mol. The molecule has 4 aromatic rings. The summed E-state index contributed by atoms with van der Waals surface area (Å²) in [6, 6.07) is 15.8. The van der Waals surface area contributed by atoms with Crippen LogP contribution in [0.25, 0.3) is 22.5 Å². The molecule has 0 radical (unpaired) electrons. The lowest BCUT2D eigenvalue weighted by Gasteiger charge is -2.22. The summed E-state index contributed by atoms with van der Waals surface area (Å²) in [5.74, 6) is 0.517. The van der Waals surface area contributed by atoms with Crippen molar-refractivity contribution in [3.8, 4) is 22.5 Å². The van der Waals surface area contributed by atoms with Crippen LogP contribution in [0.5, 0.6) is 0 Å². The summed E-state index contributed by atoms with van der Waals surface area (Å²) < 4.78 is 1.81. The first kappa shape index (κ1) is 22.7. The first-order chi connectivity index (χ1) is 15.8. The highest BCUT2D eigenvalue weighted by Gasteiger charge is 2.31. The molecule has 0 amide bonds. The first-order valence-electron chi connectivity index (χ1n) is 10.3. The van der Waals surface area contributed by atoms with Crippen molar-refractivity contribution in [1.29, 1.82) is 0 Å². The number of thioether (sulfide) groups is 1. The van der Waals surface area contributed by atoms with Gasteiger partial charge in [-0.15, -0.1) is 10.2 Å². The molecule has 0 atom stereocenters. The molecule has 33 heavy (non-hydrogen) atoms. The zero-order chi connectivity index (χ0) is 23.6. The maximum atomic E-state index is 11.8. The summed E-state index contributed by atoms with van der Waals surface area (Å²) in [7, 11) is 0. The molecule has 0 saturated heterocycles. The second-order valence-corrected chi connectivity index (χ2v) is 8.95. The molecule has 2 aromatic carbocycles. The second kappa shape index (κ2) is 9.16. The monoisotopic (exact) mass is 464 g/mol. The number of aliphatic hydroxyl groups is 1. The van der Waals surface area contributed by atoms with Gasteiger partial charge in [0.25, 0.3) is 0 Å². The zero-order valence-corrected chi connectivity index (χ0v) is 19.3. The maximum Gasteiger partial charge on any atom is 0.356 e. The van der Waals surface area contributed by atoms with Crippen LogP contribution in [0, 0.1) is 0 Å². The number of imidazole rings is 1. The molecule has 0 aliphatic rings. The minimum Gasteiger partial charge on any atom is -0.476 e. The van der Waals surface area contributed by atoms with Crippen molar-refractivity contribution in [1.82, 2.24) is 30.2 Å². The lowest BCUT2D eigenvalue weighted by Crippen LogP contribution is -2.25. The predicted molar refractivity (Wildman–Crippen MR) is 126 cm³/mol. The Morgan fingerprint density at radius 3 is 2.39 bits per heavy atom. The van der Waals surface area contributed by atoms with Gasteiger partial charge in [0.05, 0.1) is 11.4 Å². The van der Waals surface area contributed by atoms with E-state index in [2.05, 4.69) is 25.6 Å². The molecular formula is C23H24N6O3S. The van der Waals surface area contributed by atoms with Crippen molar-refractivity contribution in [2.24, 2.45) is 0 Å². The Bertz CT molecular complexity index is 1260. The smallest absolute Gasteiger partial charge is 0.356 e. The highest BCUT2D eigenvalue weighted by Crippen LogP contribution is 2.31. The molecule has 0 aliphatic carbocycles. The molecule has 170 valence electrons. The van der Waals surface area contributed by atoms with E-state index in [1.165, 1.54) is 0 Å². The van der Waals surface area contributed by atoms with Crippen LogP contribution in [0.4, 0.5) is 0 Å². The van der Waals surface area contributed by atoms with Gasteiger partial charge < -0.3 is 14.8 Å². The average Bonchev–Trinajstić information content (AvgIpc) is 3.43. The fourth-order valence-electron chi connectivity index (χ4n) is 3.86. The summed E-state index contributed by atoms with van der Waals surface area (Å²) in [4.78, 5) is 16.1. The third-order valence-corrected chi connectivity index (χ3v) is 5.77. The van der Waals surface area contributed by atoms with E-state index in [1.807, 2.05) is 59.4 Å². The number of nitrogens with zero attached hydrogens (tertiary/aromatic N) is 5. The van der Waals surface area contributed by atoms with Crippen LogP contribution >= 0.6 is 11.8 Å². The minimum atomic E-state index is -1.36. The number of nitrogens with one attached hydrogen (secondary N) is 1. The number of aromatic nitrogens is 6. The quantitative estimate of drug-likeness (QED) is 0.361. The Balaban J connectivity index is 1.71. The topological polar surface area (TPSA) is 130 Å². The summed E-state index contributed by atoms with van der Waals surface area (Å²) in [6.07, 6.45) is 1.93. The van der Waals surface area contributed by atoms with Crippen molar-refractivity contribution in [2.75, 3.05) is 6.26 Å². The zero-order valence-electron chi connectivity index (χ0n) is 18.5. The van der Waals surface area contributed by atoms with Gasteiger partial charge in [0, 0.05) is 12.1 Å². The van der Waals surface area contributed by atoms with Crippen LogP contribution in [0.1, 0.15) is 41.4 Å². The third-order valence-electron chi connectivity index (χ3n) is 5.22. The van der Waals surface area contributed by atoms with Gasteiger partial charge in [-0.3, -0.25) is 0 Å². The van der Waals surface area contributed by atoms with Gasteiger partial charge in [-0.05, 0) is 42.0 Å². The molecule has 0 spiro atoms. The second-order valence-electron chi connectivity index (χ2n) is 8.09. The molecule has 0 unspecified atom stereocenters. The van der Waals surface area contributed by atoms with Crippen molar-refractivity contribution in [3.05, 3.63) is 71.3 Å². The lowest BCUT2D eigenvalue weighted by molar-refractivity contribution is 0.0588. The number of carbonyl (C=O) groups is 1. The van der Waals surface area contributed by atoms with Gasteiger partial charge in [0.1, 0.15) is 11.4 Å². The Labute approximate surface area is 194 Å². The number of H-pyrrole nitrogens is 1. The predicted octanol–water partition coefficient (Wildman–Crippen LogP) is 3.57. The highest BCUT2D eigenvalue weighted by molar-refractivity contribution is 7.97. The number of hydrogen-bond acceptors (Lipinski definition) is 7. The van der Waals surface area contributed by atoms with Crippen LogP contribution in [0.3, 0.4) is 0 Å². The minimum absolute atomic E-state index is 0.114. The van der Waals surface area contributed by atoms with E-state index >= 15 is 0 Å². The molecule has 0 aliphatic heterocycles. The lowest BCUT2D eigenvalue weighted by atomic mass is 9.98. The van der Waals surface area contributed by atoms with E-state index in [9.17, 15) is 15.0 Å². The van der Waals surface area contributed by atoms with Crippen molar-refractivity contribution < 1.29 is 15.0 Å². The Morgan fingerprint density at radius 1 is 1.12 bits per heavy atom. The van der Waals surface area contributed by atoms with Crippen molar-refractivity contribution in [2.45, 2.75) is 31.7 Å². The molecule has 2 aromatic heterocycles. The number of hydrogen-bond donors (Lipinski definition) is 3. The van der Waals surface area contributed by atoms with Gasteiger partial charge in [-0.2, -0.15) is 17.0 Å². The van der Waals surface area contributed by atoms with Crippen LogP contribution in [0.2, 0.25) is 0 Å². The fraction of sp³-hybridized carbons (Fsp3) is 0.261.